The summed E-state index contributed by atoms with van der Waals surface area (Å²) in [6, 6.07) is 6.34. The van der Waals surface area contributed by atoms with Crippen LogP contribution in [0.1, 0.15) is 24.8 Å². The number of aliphatic hydroxyl groups excluding tert-OH is 1. The fourth-order valence-electron chi connectivity index (χ4n) is 2.60. The Balaban J connectivity index is 1.69. The lowest BCUT2D eigenvalue weighted by molar-refractivity contribution is -0.136. The average Bonchev–Trinajstić information content (AvgIpc) is 2.60. The number of carbonyl (C=O) groups is 2. The van der Waals surface area contributed by atoms with Crippen molar-refractivity contribution in [2.24, 2.45) is 0 Å². The molecule has 134 valence electrons. The number of likely N-dealkylation sites (tertiary alicyclic amines) is 1. The smallest absolute Gasteiger partial charge is 0.313 e. The van der Waals surface area contributed by atoms with Gasteiger partial charge in [-0.1, -0.05) is 11.6 Å². The van der Waals surface area contributed by atoms with Crippen LogP contribution in [0.2, 0.25) is 5.02 Å². The molecule has 1 fully saturated rings. The molecule has 0 bridgehead atoms. The van der Waals surface area contributed by atoms with Crippen molar-refractivity contribution < 1.29 is 14.7 Å². The molecule has 1 aliphatic heterocycles. The van der Waals surface area contributed by atoms with E-state index in [9.17, 15) is 14.7 Å². The maximum absolute atomic E-state index is 11.8. The van der Waals surface area contributed by atoms with E-state index in [1.807, 2.05) is 6.07 Å². The minimum Gasteiger partial charge on any atom is -0.393 e. The van der Waals surface area contributed by atoms with Gasteiger partial charge in [-0.25, -0.2) is 0 Å². The molecule has 1 saturated heterocycles. The van der Waals surface area contributed by atoms with Gasteiger partial charge >= 0.3 is 11.8 Å². The van der Waals surface area contributed by atoms with Crippen LogP contribution in [0.5, 0.6) is 0 Å². The number of aliphatic hydroxyl groups is 1. The van der Waals surface area contributed by atoms with Gasteiger partial charge in [-0.15, -0.1) is 0 Å². The van der Waals surface area contributed by atoms with Crippen molar-refractivity contribution in [3.8, 4) is 6.07 Å². The van der Waals surface area contributed by atoms with E-state index in [0.29, 0.717) is 17.8 Å². The lowest BCUT2D eigenvalue weighted by atomic mass is 10.1. The van der Waals surface area contributed by atoms with E-state index in [-0.39, 0.29) is 11.1 Å². The molecule has 1 aliphatic rings. The van der Waals surface area contributed by atoms with E-state index in [1.165, 1.54) is 18.2 Å². The molecule has 1 heterocycles. The number of amides is 2. The molecule has 0 spiro atoms. The quantitative estimate of drug-likeness (QED) is 0.536. The predicted molar refractivity (Wildman–Crippen MR) is 94.1 cm³/mol. The van der Waals surface area contributed by atoms with Gasteiger partial charge in [0.25, 0.3) is 0 Å². The first kappa shape index (κ1) is 19.2. The monoisotopic (exact) mass is 364 g/mol. The Bertz CT molecular complexity index is 666. The summed E-state index contributed by atoms with van der Waals surface area (Å²) < 4.78 is 0. The van der Waals surface area contributed by atoms with Crippen molar-refractivity contribution >= 4 is 29.1 Å². The van der Waals surface area contributed by atoms with E-state index in [4.69, 9.17) is 16.9 Å². The Kier molecular flexibility index (Phi) is 7.19. The Hall–Kier alpha value is -2.14. The zero-order valence-corrected chi connectivity index (χ0v) is 14.6. The third-order valence-electron chi connectivity index (χ3n) is 4.05. The summed E-state index contributed by atoms with van der Waals surface area (Å²) >= 11 is 5.88. The number of carbonyl (C=O) groups excluding carboxylic acids is 2. The van der Waals surface area contributed by atoms with Gasteiger partial charge in [0.05, 0.1) is 16.7 Å². The number of nitriles is 1. The molecule has 2 rings (SSSR count). The first-order chi connectivity index (χ1) is 12.0. The molecule has 8 heteroatoms. The van der Waals surface area contributed by atoms with E-state index in [2.05, 4.69) is 15.5 Å². The summed E-state index contributed by atoms with van der Waals surface area (Å²) in [4.78, 5) is 25.9. The van der Waals surface area contributed by atoms with Gasteiger partial charge in [-0.05, 0) is 44.0 Å². The third kappa shape index (κ3) is 6.02. The maximum atomic E-state index is 11.8. The lowest BCUT2D eigenvalue weighted by Crippen LogP contribution is -2.39. The molecule has 3 N–H and O–H groups in total. The topological polar surface area (TPSA) is 105 Å². The van der Waals surface area contributed by atoms with Gasteiger partial charge in [0, 0.05) is 25.3 Å². The summed E-state index contributed by atoms with van der Waals surface area (Å²) in [5.74, 6) is -1.49. The summed E-state index contributed by atoms with van der Waals surface area (Å²) in [7, 11) is 0. The standard InChI is InChI=1S/C17H21ClN4O3/c18-15-10-13(3-2-12(15)11-19)21-17(25)16(24)20-6-1-7-22-8-4-14(23)5-9-22/h2-3,10,14,23H,1,4-9H2,(H,20,24)(H,21,25). The Labute approximate surface area is 151 Å². The van der Waals surface area contributed by atoms with Crippen molar-refractivity contribution in [2.75, 3.05) is 31.5 Å². The molecule has 2 amide bonds. The number of nitrogens with zero attached hydrogens (tertiary/aromatic N) is 2. The molecule has 0 radical (unpaired) electrons. The van der Waals surface area contributed by atoms with E-state index >= 15 is 0 Å². The van der Waals surface area contributed by atoms with Crippen LogP contribution in [-0.2, 0) is 9.59 Å². The summed E-state index contributed by atoms with van der Waals surface area (Å²) in [5, 5.41) is 23.5. The molecule has 0 saturated carbocycles. The van der Waals surface area contributed by atoms with Crippen molar-refractivity contribution in [3.05, 3.63) is 28.8 Å². The van der Waals surface area contributed by atoms with Gasteiger partial charge < -0.3 is 20.6 Å². The Morgan fingerprint density at radius 2 is 2.04 bits per heavy atom. The van der Waals surface area contributed by atoms with Gasteiger partial charge in [0.2, 0.25) is 0 Å². The number of benzene rings is 1. The number of hydrogen-bond donors (Lipinski definition) is 3. The SMILES string of the molecule is N#Cc1ccc(NC(=O)C(=O)NCCCN2CCC(O)CC2)cc1Cl. The highest BCUT2D eigenvalue weighted by Crippen LogP contribution is 2.20. The minimum absolute atomic E-state index is 0.199. The minimum atomic E-state index is -0.776. The summed E-state index contributed by atoms with van der Waals surface area (Å²) in [6.45, 7) is 2.93. The first-order valence-corrected chi connectivity index (χ1v) is 8.56. The number of piperidine rings is 1. The van der Waals surface area contributed by atoms with Crippen LogP contribution in [0.25, 0.3) is 0 Å². The lowest BCUT2D eigenvalue weighted by Gasteiger charge is -2.29. The molecule has 0 aromatic heterocycles. The van der Waals surface area contributed by atoms with Gasteiger partial charge in [0.15, 0.2) is 0 Å². The van der Waals surface area contributed by atoms with Crippen molar-refractivity contribution in [1.82, 2.24) is 10.2 Å². The molecule has 25 heavy (non-hydrogen) atoms. The molecule has 0 atom stereocenters. The second kappa shape index (κ2) is 9.37. The van der Waals surface area contributed by atoms with Crippen LogP contribution in [0, 0.1) is 11.3 Å². The Morgan fingerprint density at radius 3 is 2.68 bits per heavy atom. The van der Waals surface area contributed by atoms with Crippen LogP contribution in [-0.4, -0.2) is 54.1 Å². The van der Waals surface area contributed by atoms with Gasteiger partial charge in [-0.3, -0.25) is 9.59 Å². The second-order valence-electron chi connectivity index (χ2n) is 5.94. The molecular formula is C17H21ClN4O3. The highest BCUT2D eigenvalue weighted by Gasteiger charge is 2.17. The van der Waals surface area contributed by atoms with Gasteiger partial charge in [0.1, 0.15) is 6.07 Å². The zero-order valence-electron chi connectivity index (χ0n) is 13.8. The van der Waals surface area contributed by atoms with Crippen LogP contribution < -0.4 is 10.6 Å². The zero-order chi connectivity index (χ0) is 18.2. The van der Waals surface area contributed by atoms with Crippen molar-refractivity contribution in [3.63, 3.8) is 0 Å². The number of nitrogens with one attached hydrogen (secondary N) is 2. The summed E-state index contributed by atoms with van der Waals surface area (Å²) in [5.41, 5.74) is 0.658. The second-order valence-corrected chi connectivity index (χ2v) is 6.35. The number of rotatable bonds is 5. The molecule has 0 unspecified atom stereocenters. The van der Waals surface area contributed by atoms with Crippen molar-refractivity contribution in [1.29, 1.82) is 5.26 Å². The van der Waals surface area contributed by atoms with E-state index < -0.39 is 11.8 Å². The van der Waals surface area contributed by atoms with Crippen LogP contribution >= 0.6 is 11.6 Å². The Morgan fingerprint density at radius 1 is 1.32 bits per heavy atom. The number of anilines is 1. The summed E-state index contributed by atoms with van der Waals surface area (Å²) in [6.07, 6.45) is 2.09. The van der Waals surface area contributed by atoms with Crippen molar-refractivity contribution in [2.45, 2.75) is 25.4 Å². The normalized spacial score (nSPS) is 15.4. The molecule has 0 aliphatic carbocycles. The largest absolute Gasteiger partial charge is 0.393 e. The van der Waals surface area contributed by atoms with Gasteiger partial charge in [-0.2, -0.15) is 5.26 Å². The van der Waals surface area contributed by atoms with Crippen LogP contribution in [0.4, 0.5) is 5.69 Å². The molecular weight excluding hydrogens is 344 g/mol. The number of hydrogen-bond acceptors (Lipinski definition) is 5. The van der Waals surface area contributed by atoms with E-state index in [1.54, 1.807) is 0 Å². The fourth-order valence-corrected chi connectivity index (χ4v) is 2.82. The number of halogens is 1. The highest BCUT2D eigenvalue weighted by molar-refractivity contribution is 6.39. The molecule has 1 aromatic rings. The van der Waals surface area contributed by atoms with Crippen LogP contribution in [0.15, 0.2) is 18.2 Å². The molecule has 1 aromatic carbocycles. The van der Waals surface area contributed by atoms with Crippen LogP contribution in [0.3, 0.4) is 0 Å². The molecule has 7 nitrogen and oxygen atoms in total. The maximum Gasteiger partial charge on any atom is 0.313 e. The first-order valence-electron chi connectivity index (χ1n) is 8.19. The fraction of sp³-hybridized carbons (Fsp3) is 0.471. The highest BCUT2D eigenvalue weighted by atomic mass is 35.5. The average molecular weight is 365 g/mol. The third-order valence-corrected chi connectivity index (χ3v) is 4.36. The van der Waals surface area contributed by atoms with E-state index in [0.717, 1.165) is 38.9 Å². The predicted octanol–water partition coefficient (Wildman–Crippen LogP) is 1.11.